The fourth-order valence-electron chi connectivity index (χ4n) is 7.34. The van der Waals surface area contributed by atoms with Crippen molar-refractivity contribution >= 4 is 9.73 Å². The van der Waals surface area contributed by atoms with Crippen molar-refractivity contribution in [3.8, 4) is 0 Å². The van der Waals surface area contributed by atoms with Crippen molar-refractivity contribution in [2.75, 3.05) is 0 Å². The van der Waals surface area contributed by atoms with Gasteiger partial charge in [-0.05, 0) is 97.3 Å². The first-order valence-electron chi connectivity index (χ1n) is 13.3. The van der Waals surface area contributed by atoms with Crippen LogP contribution in [0.4, 0.5) is 8.78 Å². The molecule has 6 heteroatoms. The quantitative estimate of drug-likeness (QED) is 0.400. The molecule has 0 heterocycles. The summed E-state index contributed by atoms with van der Waals surface area (Å²) in [6.07, 6.45) is 9.93. The molecule has 0 bridgehead atoms. The van der Waals surface area contributed by atoms with E-state index in [-0.39, 0.29) is 22.1 Å². The van der Waals surface area contributed by atoms with Gasteiger partial charge in [0.25, 0.3) is 0 Å². The highest BCUT2D eigenvalue weighted by molar-refractivity contribution is 7.93. The van der Waals surface area contributed by atoms with Gasteiger partial charge >= 0.3 is 5.25 Å². The first kappa shape index (κ1) is 27.3. The van der Waals surface area contributed by atoms with Gasteiger partial charge in [-0.1, -0.05) is 63.3 Å². The number of alkyl halides is 2. The van der Waals surface area contributed by atoms with E-state index >= 15 is 8.78 Å². The van der Waals surface area contributed by atoms with Crippen LogP contribution in [0.3, 0.4) is 0 Å². The van der Waals surface area contributed by atoms with Crippen LogP contribution in [-0.4, -0.2) is 20.7 Å². The Morgan fingerprint density at radius 1 is 1.28 bits per heavy atom. The maximum atomic E-state index is 15.3. The highest BCUT2D eigenvalue weighted by atomic mass is 32.2. The molecule has 3 fully saturated rings. The van der Waals surface area contributed by atoms with Gasteiger partial charge in [-0.25, -0.2) is 8.99 Å². The molecule has 198 valence electrons. The van der Waals surface area contributed by atoms with Crippen LogP contribution in [0.25, 0.3) is 0 Å². The van der Waals surface area contributed by atoms with Gasteiger partial charge in [0.05, 0.1) is 11.0 Å². The van der Waals surface area contributed by atoms with Gasteiger partial charge in [-0.15, -0.1) is 0 Å². The number of halogens is 2. The molecule has 36 heavy (non-hydrogen) atoms. The van der Waals surface area contributed by atoms with Gasteiger partial charge in [0.15, 0.2) is 0 Å². The number of hydrogen-bond donors (Lipinski definition) is 2. The predicted octanol–water partition coefficient (Wildman–Crippen LogP) is 8.13. The summed E-state index contributed by atoms with van der Waals surface area (Å²) in [5.41, 5.74) is 3.24. The number of nitrogens with one attached hydrogen (secondary N) is 1. The Balaban J connectivity index is 1.53. The van der Waals surface area contributed by atoms with Crippen LogP contribution in [0.2, 0.25) is 0 Å². The Morgan fingerprint density at radius 2 is 1.97 bits per heavy atom. The van der Waals surface area contributed by atoms with Crippen LogP contribution in [0.1, 0.15) is 72.1 Å². The third-order valence-corrected chi connectivity index (χ3v) is 11.2. The third kappa shape index (κ3) is 5.00. The molecule has 4 rings (SSSR count). The molecule has 3 saturated carbocycles. The molecule has 2 N–H and O–H groups in total. The summed E-state index contributed by atoms with van der Waals surface area (Å²) in [5.74, 6) is 0.532. The number of aliphatic hydroxyl groups is 1. The minimum absolute atomic E-state index is 0.0792. The van der Waals surface area contributed by atoms with E-state index in [0.29, 0.717) is 11.8 Å². The van der Waals surface area contributed by atoms with Crippen LogP contribution in [0, 0.1) is 33.9 Å². The lowest BCUT2D eigenvalue weighted by molar-refractivity contribution is 0.0272. The zero-order valence-electron chi connectivity index (χ0n) is 21.8. The Kier molecular flexibility index (Phi) is 7.70. The Labute approximate surface area is 215 Å². The number of benzene rings is 1. The average molecular weight is 518 g/mol. The predicted molar refractivity (Wildman–Crippen MR) is 142 cm³/mol. The van der Waals surface area contributed by atoms with Crippen molar-refractivity contribution in [3.05, 3.63) is 65.8 Å². The van der Waals surface area contributed by atoms with Crippen molar-refractivity contribution in [2.24, 2.45) is 29.1 Å². The minimum Gasteiger partial charge on any atom is -0.388 e. The van der Waals surface area contributed by atoms with Crippen LogP contribution >= 0.6 is 0 Å². The van der Waals surface area contributed by atoms with E-state index in [1.165, 1.54) is 17.7 Å². The van der Waals surface area contributed by atoms with Gasteiger partial charge in [0, 0.05) is 6.42 Å². The standard InChI is InChI=1S/C30H41F2NO2S/c1-20-17-24(22(3)28(34)18-20)13-12-23-9-8-16-29(4)26(14-15-27(23)29)21(2)19-30(31,32)36(33,35)25-10-6-5-7-11-25/h5-7,10-13,20-21,26-28,33-34H,3,8-9,14-19H2,1-2,4H3/b23-12+,24-13-/t20-,21-,26-,27+,28+,29-,36-/m1/s1. The largest absolute Gasteiger partial charge is 0.388 e. The smallest absolute Gasteiger partial charge is 0.332 e. The molecule has 1 aromatic carbocycles. The van der Waals surface area contributed by atoms with Gasteiger partial charge in [0.1, 0.15) is 9.73 Å². The van der Waals surface area contributed by atoms with Crippen LogP contribution in [0.15, 0.2) is 70.7 Å². The van der Waals surface area contributed by atoms with E-state index in [0.717, 1.165) is 56.1 Å². The number of hydrogen-bond acceptors (Lipinski definition) is 3. The Bertz CT molecular complexity index is 1140. The maximum absolute atomic E-state index is 15.3. The molecular formula is C30H41F2NO2S. The van der Waals surface area contributed by atoms with Gasteiger partial charge in [-0.3, -0.25) is 0 Å². The zero-order valence-corrected chi connectivity index (χ0v) is 22.6. The van der Waals surface area contributed by atoms with Crippen molar-refractivity contribution in [1.29, 1.82) is 4.78 Å². The summed E-state index contributed by atoms with van der Waals surface area (Å²) >= 11 is 0. The fraction of sp³-hybridized carbons (Fsp3) is 0.600. The lowest BCUT2D eigenvalue weighted by atomic mass is 9.61. The van der Waals surface area contributed by atoms with E-state index in [2.05, 4.69) is 32.6 Å². The normalized spacial score (nSPS) is 36.0. The second kappa shape index (κ2) is 10.2. The summed E-state index contributed by atoms with van der Waals surface area (Å²) < 4.78 is 51.8. The van der Waals surface area contributed by atoms with Gasteiger partial charge in [-0.2, -0.15) is 8.78 Å². The molecule has 0 unspecified atom stereocenters. The molecule has 0 amide bonds. The van der Waals surface area contributed by atoms with E-state index in [9.17, 15) is 9.32 Å². The zero-order chi connectivity index (χ0) is 26.3. The summed E-state index contributed by atoms with van der Waals surface area (Å²) in [5, 5.41) is 6.72. The molecule has 0 aliphatic heterocycles. The van der Waals surface area contributed by atoms with E-state index in [1.807, 2.05) is 6.92 Å². The molecule has 3 nitrogen and oxygen atoms in total. The van der Waals surface area contributed by atoms with E-state index in [4.69, 9.17) is 4.78 Å². The van der Waals surface area contributed by atoms with Crippen LogP contribution < -0.4 is 0 Å². The summed E-state index contributed by atoms with van der Waals surface area (Å²) in [7, 11) is -4.24. The fourth-order valence-corrected chi connectivity index (χ4v) is 8.73. The number of allylic oxidation sites excluding steroid dienone is 3. The molecule has 1 aromatic rings. The van der Waals surface area contributed by atoms with Crippen molar-refractivity contribution in [1.82, 2.24) is 0 Å². The highest BCUT2D eigenvalue weighted by Gasteiger charge is 2.53. The monoisotopic (exact) mass is 517 g/mol. The average Bonchev–Trinajstić information content (AvgIpc) is 3.18. The molecular weight excluding hydrogens is 476 g/mol. The van der Waals surface area contributed by atoms with E-state index in [1.54, 1.807) is 18.2 Å². The molecule has 7 atom stereocenters. The minimum atomic E-state index is -4.24. The molecule has 0 spiro atoms. The third-order valence-electron chi connectivity index (χ3n) is 9.29. The molecule has 3 aliphatic carbocycles. The van der Waals surface area contributed by atoms with Crippen molar-refractivity contribution in [2.45, 2.75) is 88.4 Å². The number of aliphatic hydroxyl groups excluding tert-OH is 1. The second-order valence-corrected chi connectivity index (χ2v) is 14.0. The highest BCUT2D eigenvalue weighted by Crippen LogP contribution is 2.60. The molecule has 0 aromatic heterocycles. The van der Waals surface area contributed by atoms with Crippen LogP contribution in [-0.2, 0) is 9.73 Å². The molecule has 0 radical (unpaired) electrons. The van der Waals surface area contributed by atoms with Gasteiger partial charge < -0.3 is 5.11 Å². The first-order valence-corrected chi connectivity index (χ1v) is 14.9. The van der Waals surface area contributed by atoms with E-state index < -0.39 is 27.5 Å². The number of fused-ring (bicyclic) bond motifs is 1. The SMILES string of the molecule is C=C1/C(=C\C=C2/CCC[C@]3(C)[C@@H]([C@H](C)CC(F)(F)[S@](=N)(=O)c4ccccc4)CC[C@@H]23)C[C@@H](C)C[C@@H]1O. The lowest BCUT2D eigenvalue weighted by Gasteiger charge is -2.45. The molecule has 3 aliphatic rings. The lowest BCUT2D eigenvalue weighted by Crippen LogP contribution is -2.39. The number of rotatable bonds is 6. The van der Waals surface area contributed by atoms with Crippen molar-refractivity contribution in [3.63, 3.8) is 0 Å². The Hall–Kier alpha value is -1.79. The maximum Gasteiger partial charge on any atom is 0.332 e. The first-order chi connectivity index (χ1) is 16.9. The second-order valence-electron chi connectivity index (χ2n) is 11.8. The van der Waals surface area contributed by atoms with Gasteiger partial charge in [0.2, 0.25) is 0 Å². The van der Waals surface area contributed by atoms with Crippen LogP contribution in [0.5, 0.6) is 0 Å². The molecule has 0 saturated heterocycles. The summed E-state index contributed by atoms with van der Waals surface area (Å²) in [6, 6.07) is 7.53. The topological polar surface area (TPSA) is 61.2 Å². The summed E-state index contributed by atoms with van der Waals surface area (Å²) in [6.45, 7) is 10.4. The van der Waals surface area contributed by atoms with Crippen molar-refractivity contribution < 1.29 is 18.1 Å². The Morgan fingerprint density at radius 3 is 2.67 bits per heavy atom. The summed E-state index contributed by atoms with van der Waals surface area (Å²) in [4.78, 5) is -0.0997.